The molecule has 16 heavy (non-hydrogen) atoms. The molecule has 0 aliphatic carbocycles. The second kappa shape index (κ2) is 5.62. The lowest BCUT2D eigenvalue weighted by molar-refractivity contribution is 0.290. The average Bonchev–Trinajstić information content (AvgIpc) is 2.70. The van der Waals surface area contributed by atoms with Gasteiger partial charge in [-0.25, -0.2) is 4.98 Å². The summed E-state index contributed by atoms with van der Waals surface area (Å²) in [4.78, 5) is 6.58. The maximum absolute atomic E-state index is 5.86. The fourth-order valence-electron chi connectivity index (χ4n) is 2.17. The zero-order valence-corrected chi connectivity index (χ0v) is 10.4. The van der Waals surface area contributed by atoms with Gasteiger partial charge in [-0.05, 0) is 38.6 Å². The first-order valence-electron chi connectivity index (χ1n) is 5.77. The van der Waals surface area contributed by atoms with Crippen LogP contribution >= 0.6 is 11.6 Å². The van der Waals surface area contributed by atoms with Crippen molar-refractivity contribution in [1.29, 1.82) is 0 Å². The fourth-order valence-corrected chi connectivity index (χ4v) is 2.35. The first-order valence-corrected chi connectivity index (χ1v) is 6.15. The maximum atomic E-state index is 5.86. The van der Waals surface area contributed by atoms with Crippen molar-refractivity contribution >= 4 is 11.6 Å². The predicted octanol–water partition coefficient (Wildman–Crippen LogP) is 1.92. The van der Waals surface area contributed by atoms with E-state index >= 15 is 0 Å². The Morgan fingerprint density at radius 3 is 3.12 bits per heavy atom. The van der Waals surface area contributed by atoms with E-state index in [1.165, 1.54) is 12.8 Å². The highest BCUT2D eigenvalue weighted by molar-refractivity contribution is 6.29. The van der Waals surface area contributed by atoms with E-state index in [1.807, 2.05) is 18.2 Å². The third-order valence-corrected chi connectivity index (χ3v) is 3.11. The van der Waals surface area contributed by atoms with E-state index < -0.39 is 0 Å². The summed E-state index contributed by atoms with van der Waals surface area (Å²) in [7, 11) is 2.13. The number of pyridine rings is 1. The Hall–Kier alpha value is -0.640. The Kier molecular flexibility index (Phi) is 4.16. The van der Waals surface area contributed by atoms with Crippen molar-refractivity contribution in [2.24, 2.45) is 0 Å². The summed E-state index contributed by atoms with van der Waals surface area (Å²) in [5.41, 5.74) is 1.04. The van der Waals surface area contributed by atoms with Crippen molar-refractivity contribution in [3.8, 4) is 0 Å². The van der Waals surface area contributed by atoms with Crippen LogP contribution in [0.5, 0.6) is 0 Å². The highest BCUT2D eigenvalue weighted by Gasteiger charge is 2.15. The van der Waals surface area contributed by atoms with Crippen LogP contribution < -0.4 is 5.32 Å². The lowest BCUT2D eigenvalue weighted by Gasteiger charge is -2.20. The molecule has 2 heterocycles. The first kappa shape index (κ1) is 11.8. The zero-order chi connectivity index (χ0) is 11.4. The molecule has 1 N–H and O–H groups in total. The van der Waals surface area contributed by atoms with Crippen LogP contribution in [-0.2, 0) is 6.54 Å². The minimum Gasteiger partial charge on any atom is -0.313 e. The number of hydrogen-bond donors (Lipinski definition) is 1. The van der Waals surface area contributed by atoms with Crippen LogP contribution in [0.4, 0.5) is 0 Å². The van der Waals surface area contributed by atoms with Crippen LogP contribution in [0.15, 0.2) is 18.2 Å². The largest absolute Gasteiger partial charge is 0.313 e. The van der Waals surface area contributed by atoms with Gasteiger partial charge in [0, 0.05) is 19.1 Å². The zero-order valence-electron chi connectivity index (χ0n) is 9.62. The molecule has 0 saturated carbocycles. The lowest BCUT2D eigenvalue weighted by Crippen LogP contribution is -2.35. The molecule has 0 radical (unpaired) electrons. The minimum atomic E-state index is 0.574. The molecule has 0 aromatic carbocycles. The monoisotopic (exact) mass is 239 g/mol. The summed E-state index contributed by atoms with van der Waals surface area (Å²) in [6.07, 6.45) is 2.58. The van der Waals surface area contributed by atoms with E-state index in [2.05, 4.69) is 22.2 Å². The molecule has 2 rings (SSSR count). The quantitative estimate of drug-likeness (QED) is 0.814. The van der Waals surface area contributed by atoms with Crippen LogP contribution in [0, 0.1) is 0 Å². The Morgan fingerprint density at radius 2 is 2.44 bits per heavy atom. The number of aromatic nitrogens is 1. The third kappa shape index (κ3) is 3.44. The van der Waals surface area contributed by atoms with E-state index in [0.29, 0.717) is 11.2 Å². The Morgan fingerprint density at radius 1 is 1.56 bits per heavy atom. The van der Waals surface area contributed by atoms with Gasteiger partial charge >= 0.3 is 0 Å². The van der Waals surface area contributed by atoms with Crippen molar-refractivity contribution in [1.82, 2.24) is 15.2 Å². The molecule has 0 spiro atoms. The molecule has 3 nitrogen and oxygen atoms in total. The van der Waals surface area contributed by atoms with E-state index in [4.69, 9.17) is 11.6 Å². The fraction of sp³-hybridized carbons (Fsp3) is 0.583. The van der Waals surface area contributed by atoms with Gasteiger partial charge in [0.1, 0.15) is 5.15 Å². The molecule has 1 aliphatic heterocycles. The van der Waals surface area contributed by atoms with Gasteiger partial charge in [0.25, 0.3) is 0 Å². The molecular formula is C12H18ClN3. The minimum absolute atomic E-state index is 0.574. The Bertz CT molecular complexity index is 337. The van der Waals surface area contributed by atoms with Crippen LogP contribution in [0.25, 0.3) is 0 Å². The van der Waals surface area contributed by atoms with E-state index in [-0.39, 0.29) is 0 Å². The first-order chi connectivity index (χ1) is 7.74. The molecule has 1 fully saturated rings. The van der Waals surface area contributed by atoms with Crippen LogP contribution in [0.1, 0.15) is 18.5 Å². The van der Waals surface area contributed by atoms with Crippen molar-refractivity contribution < 1.29 is 0 Å². The maximum Gasteiger partial charge on any atom is 0.129 e. The van der Waals surface area contributed by atoms with Gasteiger partial charge in [0.2, 0.25) is 0 Å². The second-order valence-corrected chi connectivity index (χ2v) is 4.83. The SMILES string of the molecule is CN(Cc1cccc(Cl)n1)CC1CCCN1. The van der Waals surface area contributed by atoms with Gasteiger partial charge in [0.05, 0.1) is 5.69 Å². The summed E-state index contributed by atoms with van der Waals surface area (Å²) in [6, 6.07) is 6.42. The summed E-state index contributed by atoms with van der Waals surface area (Å²) in [5.74, 6) is 0. The summed E-state index contributed by atoms with van der Waals surface area (Å²) in [5, 5.41) is 4.07. The Balaban J connectivity index is 1.84. The molecule has 4 heteroatoms. The normalized spacial score (nSPS) is 20.6. The lowest BCUT2D eigenvalue weighted by atomic mass is 10.2. The Labute approximate surface area is 102 Å². The molecule has 0 amide bonds. The molecule has 1 aromatic heterocycles. The number of halogens is 1. The number of likely N-dealkylation sites (N-methyl/N-ethyl adjacent to an activating group) is 1. The van der Waals surface area contributed by atoms with Crippen molar-refractivity contribution in [2.75, 3.05) is 20.1 Å². The van der Waals surface area contributed by atoms with Gasteiger partial charge in [-0.2, -0.15) is 0 Å². The number of nitrogens with one attached hydrogen (secondary N) is 1. The van der Waals surface area contributed by atoms with Gasteiger partial charge in [-0.3, -0.25) is 4.90 Å². The third-order valence-electron chi connectivity index (χ3n) is 2.90. The highest BCUT2D eigenvalue weighted by Crippen LogP contribution is 2.10. The van der Waals surface area contributed by atoms with Crippen LogP contribution in [0.2, 0.25) is 5.15 Å². The standard InChI is InChI=1S/C12H18ClN3/c1-16(8-10-5-3-7-14-10)9-11-4-2-6-12(13)15-11/h2,4,6,10,14H,3,5,7-9H2,1H3. The molecular weight excluding hydrogens is 222 g/mol. The number of hydrogen-bond acceptors (Lipinski definition) is 3. The van der Waals surface area contributed by atoms with Crippen molar-refractivity contribution in [3.63, 3.8) is 0 Å². The summed E-state index contributed by atoms with van der Waals surface area (Å²) in [6.45, 7) is 3.10. The van der Waals surface area contributed by atoms with E-state index in [1.54, 1.807) is 0 Å². The molecule has 88 valence electrons. The van der Waals surface area contributed by atoms with Crippen LogP contribution in [-0.4, -0.2) is 36.1 Å². The average molecular weight is 240 g/mol. The molecule has 0 bridgehead atoms. The molecule has 1 saturated heterocycles. The van der Waals surface area contributed by atoms with Gasteiger partial charge in [0.15, 0.2) is 0 Å². The number of nitrogens with zero attached hydrogens (tertiary/aromatic N) is 2. The number of rotatable bonds is 4. The highest BCUT2D eigenvalue weighted by atomic mass is 35.5. The molecule has 1 unspecified atom stereocenters. The topological polar surface area (TPSA) is 28.2 Å². The molecule has 1 aliphatic rings. The van der Waals surface area contributed by atoms with E-state index in [0.717, 1.165) is 25.3 Å². The summed E-state index contributed by atoms with van der Waals surface area (Å²) >= 11 is 5.86. The second-order valence-electron chi connectivity index (χ2n) is 4.44. The van der Waals surface area contributed by atoms with E-state index in [9.17, 15) is 0 Å². The smallest absolute Gasteiger partial charge is 0.129 e. The van der Waals surface area contributed by atoms with Gasteiger partial charge in [-0.15, -0.1) is 0 Å². The van der Waals surface area contributed by atoms with Gasteiger partial charge < -0.3 is 5.32 Å². The molecule has 1 aromatic rings. The van der Waals surface area contributed by atoms with Crippen molar-refractivity contribution in [3.05, 3.63) is 29.0 Å². The van der Waals surface area contributed by atoms with Crippen LogP contribution in [0.3, 0.4) is 0 Å². The predicted molar refractivity (Wildman–Crippen MR) is 66.6 cm³/mol. The molecule has 1 atom stereocenters. The van der Waals surface area contributed by atoms with Gasteiger partial charge in [-0.1, -0.05) is 17.7 Å². The van der Waals surface area contributed by atoms with Crippen molar-refractivity contribution in [2.45, 2.75) is 25.4 Å². The summed E-state index contributed by atoms with van der Waals surface area (Å²) < 4.78 is 0.